The third kappa shape index (κ3) is 5.42. The van der Waals surface area contributed by atoms with Gasteiger partial charge in [0, 0.05) is 5.69 Å². The molecule has 0 aliphatic carbocycles. The third-order valence-corrected chi connectivity index (χ3v) is 3.91. The van der Waals surface area contributed by atoms with Gasteiger partial charge in [-0.15, -0.1) is 0 Å². The lowest BCUT2D eigenvalue weighted by molar-refractivity contribution is -0.638. The Bertz CT molecular complexity index is 610. The molecule has 7 heteroatoms. The Labute approximate surface area is 129 Å². The van der Waals surface area contributed by atoms with Crippen LogP contribution >= 0.6 is 8.38 Å². The van der Waals surface area contributed by atoms with Crippen LogP contribution in [0.4, 0.5) is 10.5 Å². The molecule has 2 aromatic carbocycles. The minimum absolute atomic E-state index is 0.204. The summed E-state index contributed by atoms with van der Waals surface area (Å²) < 4.78 is 9.68. The van der Waals surface area contributed by atoms with Gasteiger partial charge in [0.2, 0.25) is 0 Å². The molecule has 0 fully saturated rings. The molecule has 6 nitrogen and oxygen atoms in total. The van der Waals surface area contributed by atoms with E-state index in [0.717, 1.165) is 11.1 Å². The summed E-state index contributed by atoms with van der Waals surface area (Å²) in [5, 5.41) is 2.64. The summed E-state index contributed by atoms with van der Waals surface area (Å²) >= 11 is 0. The molecular weight excluding hydrogens is 303 g/mol. The Morgan fingerprint density at radius 2 is 1.82 bits per heavy atom. The van der Waals surface area contributed by atoms with Gasteiger partial charge in [-0.05, 0) is 32.8 Å². The maximum atomic E-state index is 11.8. The Morgan fingerprint density at radius 3 is 2.55 bits per heavy atom. The van der Waals surface area contributed by atoms with Crippen LogP contribution in [0.1, 0.15) is 11.1 Å². The van der Waals surface area contributed by atoms with Crippen LogP contribution in [0.5, 0.6) is 0 Å². The van der Waals surface area contributed by atoms with E-state index >= 15 is 0 Å². The van der Waals surface area contributed by atoms with Gasteiger partial charge in [0.25, 0.3) is 0 Å². The highest BCUT2D eigenvalue weighted by Gasteiger charge is 2.18. The smallest absolute Gasteiger partial charge is 0.411 e. The van der Waals surface area contributed by atoms with Crippen LogP contribution in [0.25, 0.3) is 0 Å². The van der Waals surface area contributed by atoms with Crippen LogP contribution in [-0.4, -0.2) is 6.09 Å². The molecule has 0 saturated heterocycles. The molecular formula is C15H18N2O4P+2. The van der Waals surface area contributed by atoms with Gasteiger partial charge < -0.3 is 4.74 Å². The van der Waals surface area contributed by atoms with Crippen LogP contribution in [0.15, 0.2) is 54.6 Å². The number of nitrogens with one attached hydrogen (secondary N) is 1. The zero-order valence-electron chi connectivity index (χ0n) is 12.0. The first kappa shape index (κ1) is 16.4. The summed E-state index contributed by atoms with van der Waals surface area (Å²) in [6.45, 7) is 0.204. The fourth-order valence-corrected chi connectivity index (χ4v) is 2.51. The first-order valence-electron chi connectivity index (χ1n) is 6.69. The van der Waals surface area contributed by atoms with Crippen molar-refractivity contribution < 1.29 is 24.9 Å². The van der Waals surface area contributed by atoms with Crippen molar-refractivity contribution >= 4 is 20.2 Å². The number of carbonyl (C=O) groups is 1. The molecule has 2 aromatic rings. The molecule has 1 amide bonds. The normalized spacial score (nSPS) is 11.7. The number of hydrogen-bond acceptors (Lipinski definition) is 3. The standard InChI is InChI=1S/C15H17N2O4P/c16-21-22(19)11-13-7-4-8-14(9-13)17-15(18)20-10-12-5-2-1-3-6-12/h1-9,22H,10-11H2,16H3/q+1/p+1. The zero-order chi connectivity index (χ0) is 15.8. The molecule has 0 heterocycles. The number of amides is 1. The lowest BCUT2D eigenvalue weighted by Crippen LogP contribution is -2.46. The van der Waals surface area contributed by atoms with E-state index in [4.69, 9.17) is 4.74 Å². The average Bonchev–Trinajstić information content (AvgIpc) is 2.54. The molecule has 0 spiro atoms. The number of carbonyl (C=O) groups excluding carboxylic acids is 1. The predicted molar refractivity (Wildman–Crippen MR) is 83.4 cm³/mol. The van der Waals surface area contributed by atoms with E-state index in [0.29, 0.717) is 5.69 Å². The molecule has 0 bridgehead atoms. The maximum Gasteiger partial charge on any atom is 0.411 e. The molecule has 22 heavy (non-hydrogen) atoms. The maximum absolute atomic E-state index is 11.8. The molecule has 4 N–H and O–H groups in total. The monoisotopic (exact) mass is 321 g/mol. The van der Waals surface area contributed by atoms with Crippen LogP contribution in [0.2, 0.25) is 0 Å². The topological polar surface area (TPSA) is 95.1 Å². The average molecular weight is 321 g/mol. The number of ether oxygens (including phenoxy) is 1. The summed E-state index contributed by atoms with van der Waals surface area (Å²) in [6, 6.07) is 16.5. The summed E-state index contributed by atoms with van der Waals surface area (Å²) in [5.74, 6) is 3.15. The van der Waals surface area contributed by atoms with Gasteiger partial charge in [-0.1, -0.05) is 42.5 Å². The Balaban J connectivity index is 1.87. The highest BCUT2D eigenvalue weighted by molar-refractivity contribution is 7.44. The lowest BCUT2D eigenvalue weighted by atomic mass is 10.2. The Morgan fingerprint density at radius 1 is 1.09 bits per heavy atom. The second-order valence-corrected chi connectivity index (χ2v) is 5.97. The molecule has 1 radical (unpaired) electrons. The molecule has 1 atom stereocenters. The van der Waals surface area contributed by atoms with E-state index in [1.165, 1.54) is 0 Å². The quantitative estimate of drug-likeness (QED) is 0.632. The van der Waals surface area contributed by atoms with E-state index in [9.17, 15) is 9.69 Å². The van der Waals surface area contributed by atoms with Crippen molar-refractivity contribution in [1.29, 1.82) is 0 Å². The first-order valence-corrected chi connectivity index (χ1v) is 8.21. The van der Waals surface area contributed by atoms with Gasteiger partial charge in [-0.3, -0.25) is 5.32 Å². The van der Waals surface area contributed by atoms with Crippen molar-refractivity contribution in [3.63, 3.8) is 0 Å². The Kier molecular flexibility index (Phi) is 6.30. The fraction of sp³-hybridized carbons (Fsp3) is 0.133. The van der Waals surface area contributed by atoms with Gasteiger partial charge in [-0.2, -0.15) is 5.90 Å². The molecule has 115 valence electrons. The molecule has 0 aliphatic heterocycles. The van der Waals surface area contributed by atoms with Crippen molar-refractivity contribution in [3.05, 3.63) is 65.7 Å². The zero-order valence-corrected chi connectivity index (χ0v) is 13.0. The fourth-order valence-electron chi connectivity index (χ4n) is 1.85. The number of hydrogen-bond donors (Lipinski definition) is 2. The van der Waals surface area contributed by atoms with Gasteiger partial charge in [0.05, 0.1) is 0 Å². The van der Waals surface area contributed by atoms with E-state index in [2.05, 4.69) is 15.8 Å². The number of quaternary nitrogens is 1. The van der Waals surface area contributed by atoms with E-state index in [-0.39, 0.29) is 12.8 Å². The second kappa shape index (κ2) is 8.46. The Hall–Kier alpha value is -1.98. The number of benzene rings is 2. The van der Waals surface area contributed by atoms with Crippen LogP contribution in [0.3, 0.4) is 0 Å². The highest BCUT2D eigenvalue weighted by atomic mass is 31.2. The summed E-state index contributed by atoms with van der Waals surface area (Å²) in [4.78, 5) is 23.1. The summed E-state index contributed by atoms with van der Waals surface area (Å²) in [5.41, 5.74) is 2.29. The number of rotatable bonds is 6. The largest absolute Gasteiger partial charge is 0.444 e. The van der Waals surface area contributed by atoms with Crippen LogP contribution in [0, 0.1) is 0 Å². The minimum atomic E-state index is -2.18. The van der Waals surface area contributed by atoms with Crippen molar-refractivity contribution in [2.45, 2.75) is 12.8 Å². The van der Waals surface area contributed by atoms with Crippen LogP contribution < -0.4 is 11.2 Å². The molecule has 1 unspecified atom stereocenters. The first-order chi connectivity index (χ1) is 10.7. The van der Waals surface area contributed by atoms with Crippen molar-refractivity contribution in [2.24, 2.45) is 0 Å². The van der Waals surface area contributed by atoms with Crippen molar-refractivity contribution in [3.8, 4) is 0 Å². The van der Waals surface area contributed by atoms with E-state index in [1.807, 2.05) is 36.4 Å². The summed E-state index contributed by atoms with van der Waals surface area (Å²) in [7, 11) is -2.18. The second-order valence-electron chi connectivity index (χ2n) is 4.58. The lowest BCUT2D eigenvalue weighted by Gasteiger charge is -2.08. The van der Waals surface area contributed by atoms with Gasteiger partial charge >= 0.3 is 14.5 Å². The molecule has 0 aliphatic rings. The van der Waals surface area contributed by atoms with Gasteiger partial charge in [0.1, 0.15) is 12.8 Å². The van der Waals surface area contributed by atoms with E-state index < -0.39 is 14.5 Å². The van der Waals surface area contributed by atoms with Crippen molar-refractivity contribution in [1.82, 2.24) is 0 Å². The highest BCUT2D eigenvalue weighted by Crippen LogP contribution is 2.34. The van der Waals surface area contributed by atoms with Gasteiger partial charge in [-0.25, -0.2) is 4.79 Å². The molecule has 2 rings (SSSR count). The van der Waals surface area contributed by atoms with Gasteiger partial charge in [0.15, 0.2) is 0 Å². The minimum Gasteiger partial charge on any atom is -0.444 e. The molecule has 0 aromatic heterocycles. The van der Waals surface area contributed by atoms with Crippen LogP contribution in [-0.2, 0) is 27.0 Å². The number of anilines is 1. The SMILES string of the molecule is [NH3+]O[PH+]([O])Cc1cccc(NC(=O)OCc2ccccc2)c1. The third-order valence-electron chi connectivity index (χ3n) is 2.90. The van der Waals surface area contributed by atoms with E-state index in [1.54, 1.807) is 18.2 Å². The molecule has 0 saturated carbocycles. The van der Waals surface area contributed by atoms with Crippen molar-refractivity contribution in [2.75, 3.05) is 5.32 Å². The summed E-state index contributed by atoms with van der Waals surface area (Å²) in [6.07, 6.45) is -0.259. The predicted octanol–water partition coefficient (Wildman–Crippen LogP) is 2.58.